The third-order valence-corrected chi connectivity index (χ3v) is 5.04. The van der Waals surface area contributed by atoms with Crippen molar-refractivity contribution in [2.24, 2.45) is 10.1 Å². The van der Waals surface area contributed by atoms with Crippen LogP contribution in [0.25, 0.3) is 0 Å². The number of halogens is 2. The monoisotopic (exact) mass is 451 g/mol. The lowest BCUT2D eigenvalue weighted by molar-refractivity contribution is 0.205. The Hall–Kier alpha value is -2.44. The van der Waals surface area contributed by atoms with Gasteiger partial charge in [0.15, 0.2) is 0 Å². The van der Waals surface area contributed by atoms with Gasteiger partial charge < -0.3 is 19.2 Å². The number of hydrogen-bond donors (Lipinski definition) is 0. The second kappa shape index (κ2) is 11.7. The van der Waals surface area contributed by atoms with Crippen LogP contribution < -0.4 is 9.47 Å². The Kier molecular flexibility index (Phi) is 9.27. The second-order valence-corrected chi connectivity index (χ2v) is 7.53. The number of ether oxygens (including phenoxy) is 2. The largest absolute Gasteiger partial charge is 0.487 e. The fourth-order valence-electron chi connectivity index (χ4n) is 2.43. The molecule has 162 valence electrons. The first-order valence-corrected chi connectivity index (χ1v) is 10.2. The van der Waals surface area contributed by atoms with Crippen LogP contribution in [0.4, 0.5) is 5.69 Å². The minimum Gasteiger partial charge on any atom is -0.487 e. The minimum atomic E-state index is 0.190. The zero-order chi connectivity index (χ0) is 22.1. The summed E-state index contributed by atoms with van der Waals surface area (Å²) in [4.78, 5) is 11.5. The van der Waals surface area contributed by atoms with Crippen LogP contribution >= 0.6 is 23.2 Å². The topological polar surface area (TPSA) is 55.7 Å². The molecule has 0 atom stereocenters. The van der Waals surface area contributed by atoms with E-state index in [9.17, 15) is 0 Å². The highest BCUT2D eigenvalue weighted by Crippen LogP contribution is 2.28. The average Bonchev–Trinajstić information content (AvgIpc) is 2.73. The fourth-order valence-corrected chi connectivity index (χ4v) is 2.72. The van der Waals surface area contributed by atoms with Gasteiger partial charge in [-0.3, -0.25) is 0 Å². The van der Waals surface area contributed by atoms with E-state index >= 15 is 0 Å². The van der Waals surface area contributed by atoms with Crippen molar-refractivity contribution in [3.05, 3.63) is 51.5 Å². The maximum atomic E-state index is 6.02. The van der Waals surface area contributed by atoms with Crippen molar-refractivity contribution >= 4 is 40.9 Å². The number of hydrogen-bond acceptors (Lipinski definition) is 5. The normalized spacial score (nSPS) is 11.6. The minimum absolute atomic E-state index is 0.190. The van der Waals surface area contributed by atoms with E-state index in [-0.39, 0.29) is 13.2 Å². The van der Waals surface area contributed by atoms with Crippen molar-refractivity contribution in [3.63, 3.8) is 0 Å². The smallest absolute Gasteiger partial charge is 0.133 e. The SMILES string of the molecule is CCN(C)C=Nc1cc(C)c(OCC(COc2ccc(Cl)c(Cl)c2)=NOC)cc1C. The molecule has 0 aliphatic carbocycles. The van der Waals surface area contributed by atoms with E-state index < -0.39 is 0 Å². The lowest BCUT2D eigenvalue weighted by Gasteiger charge is -2.14. The van der Waals surface area contributed by atoms with Gasteiger partial charge in [-0.2, -0.15) is 0 Å². The molecule has 0 aliphatic rings. The van der Waals surface area contributed by atoms with Crippen LogP contribution in [0.1, 0.15) is 18.1 Å². The number of nitrogens with zero attached hydrogens (tertiary/aromatic N) is 3. The molecule has 2 aromatic rings. The molecule has 0 fully saturated rings. The zero-order valence-electron chi connectivity index (χ0n) is 17.9. The van der Waals surface area contributed by atoms with Crippen molar-refractivity contribution in [3.8, 4) is 11.5 Å². The molecule has 2 aromatic carbocycles. The molecule has 0 saturated carbocycles. The maximum Gasteiger partial charge on any atom is 0.133 e. The summed E-state index contributed by atoms with van der Waals surface area (Å²) < 4.78 is 11.7. The molecule has 0 radical (unpaired) electrons. The van der Waals surface area contributed by atoms with Gasteiger partial charge in [-0.1, -0.05) is 28.4 Å². The summed E-state index contributed by atoms with van der Waals surface area (Å²) in [5.74, 6) is 1.34. The summed E-state index contributed by atoms with van der Waals surface area (Å²) >= 11 is 11.9. The van der Waals surface area contributed by atoms with Gasteiger partial charge in [0.05, 0.1) is 22.1 Å². The molecule has 0 bridgehead atoms. The third kappa shape index (κ3) is 7.11. The van der Waals surface area contributed by atoms with E-state index in [2.05, 4.69) is 17.1 Å². The first-order chi connectivity index (χ1) is 14.3. The number of aryl methyl sites for hydroxylation is 2. The Morgan fingerprint density at radius 2 is 1.77 bits per heavy atom. The molecule has 30 heavy (non-hydrogen) atoms. The third-order valence-electron chi connectivity index (χ3n) is 4.30. The Morgan fingerprint density at radius 3 is 2.43 bits per heavy atom. The van der Waals surface area contributed by atoms with Crippen LogP contribution in [-0.4, -0.2) is 50.9 Å². The molecule has 0 amide bonds. The lowest BCUT2D eigenvalue weighted by atomic mass is 10.1. The molecule has 0 unspecified atom stereocenters. The predicted octanol–water partition coefficient (Wildman–Crippen LogP) is 5.68. The van der Waals surface area contributed by atoms with Crippen LogP contribution in [-0.2, 0) is 4.84 Å². The van der Waals surface area contributed by atoms with Crippen LogP contribution in [0.2, 0.25) is 10.0 Å². The van der Waals surface area contributed by atoms with E-state index in [1.165, 1.54) is 7.11 Å². The standard InChI is InChI=1S/C22H27Cl2N3O3/c1-6-27(4)14-25-21-9-16(3)22(10-15(21)2)30-13-17(26-28-5)12-29-18-7-8-19(23)20(24)11-18/h7-11,14H,6,12-13H2,1-5H3. The van der Waals surface area contributed by atoms with E-state index in [1.54, 1.807) is 18.2 Å². The summed E-state index contributed by atoms with van der Waals surface area (Å²) in [5.41, 5.74) is 3.50. The van der Waals surface area contributed by atoms with Gasteiger partial charge in [-0.25, -0.2) is 4.99 Å². The van der Waals surface area contributed by atoms with Gasteiger partial charge in [0.2, 0.25) is 0 Å². The summed E-state index contributed by atoms with van der Waals surface area (Å²) in [6.45, 7) is 7.37. The average molecular weight is 452 g/mol. The molecule has 0 aromatic heterocycles. The summed E-state index contributed by atoms with van der Waals surface area (Å²) in [7, 11) is 3.47. The second-order valence-electron chi connectivity index (χ2n) is 6.72. The molecule has 0 spiro atoms. The quantitative estimate of drug-likeness (QED) is 0.264. The summed E-state index contributed by atoms with van der Waals surface area (Å²) in [6.07, 6.45) is 1.83. The summed E-state index contributed by atoms with van der Waals surface area (Å²) in [6, 6.07) is 9.04. The van der Waals surface area contributed by atoms with Gasteiger partial charge in [-0.15, -0.1) is 0 Å². The molecular weight excluding hydrogens is 425 g/mol. The van der Waals surface area contributed by atoms with Gasteiger partial charge in [0.25, 0.3) is 0 Å². The Balaban J connectivity index is 2.03. The maximum absolute atomic E-state index is 6.02. The van der Waals surface area contributed by atoms with E-state index in [0.29, 0.717) is 21.5 Å². The van der Waals surface area contributed by atoms with Crippen molar-refractivity contribution in [2.75, 3.05) is 33.9 Å². The zero-order valence-corrected chi connectivity index (χ0v) is 19.4. The van der Waals surface area contributed by atoms with E-state index in [0.717, 1.165) is 29.1 Å². The van der Waals surface area contributed by atoms with Crippen LogP contribution in [0.5, 0.6) is 11.5 Å². The van der Waals surface area contributed by atoms with E-state index in [1.807, 2.05) is 44.3 Å². The predicted molar refractivity (Wildman–Crippen MR) is 124 cm³/mol. The van der Waals surface area contributed by atoms with Gasteiger partial charge in [0.1, 0.15) is 37.5 Å². The van der Waals surface area contributed by atoms with Gasteiger partial charge >= 0.3 is 0 Å². The van der Waals surface area contributed by atoms with Crippen molar-refractivity contribution < 1.29 is 14.3 Å². The van der Waals surface area contributed by atoms with Crippen LogP contribution in [0.15, 0.2) is 40.5 Å². The lowest BCUT2D eigenvalue weighted by Crippen LogP contribution is -2.20. The number of rotatable bonds is 10. The Bertz CT molecular complexity index is 917. The number of benzene rings is 2. The molecule has 0 heterocycles. The Labute approximate surface area is 188 Å². The van der Waals surface area contributed by atoms with Gasteiger partial charge in [-0.05, 0) is 56.2 Å². The molecular formula is C22H27Cl2N3O3. The van der Waals surface area contributed by atoms with Gasteiger partial charge in [0, 0.05) is 19.7 Å². The van der Waals surface area contributed by atoms with Crippen LogP contribution in [0.3, 0.4) is 0 Å². The highest BCUT2D eigenvalue weighted by atomic mass is 35.5. The summed E-state index contributed by atoms with van der Waals surface area (Å²) in [5, 5.41) is 4.90. The highest BCUT2D eigenvalue weighted by molar-refractivity contribution is 6.42. The van der Waals surface area contributed by atoms with Crippen LogP contribution in [0, 0.1) is 13.8 Å². The molecule has 2 rings (SSSR count). The molecule has 6 nitrogen and oxygen atoms in total. The molecule has 0 N–H and O–H groups in total. The number of oxime groups is 1. The van der Waals surface area contributed by atoms with Crippen molar-refractivity contribution in [1.82, 2.24) is 4.90 Å². The molecule has 0 aliphatic heterocycles. The molecule has 8 heteroatoms. The number of aliphatic imine (C=N–C) groups is 1. The van der Waals surface area contributed by atoms with Crippen molar-refractivity contribution in [1.29, 1.82) is 0 Å². The Morgan fingerprint density at radius 1 is 1.03 bits per heavy atom. The van der Waals surface area contributed by atoms with Crippen molar-refractivity contribution in [2.45, 2.75) is 20.8 Å². The van der Waals surface area contributed by atoms with E-state index in [4.69, 9.17) is 37.5 Å². The molecule has 0 saturated heterocycles. The first-order valence-electron chi connectivity index (χ1n) is 9.49. The first kappa shape index (κ1) is 23.8. The highest BCUT2D eigenvalue weighted by Gasteiger charge is 2.09. The fraction of sp³-hybridized carbons (Fsp3) is 0.364.